The fourth-order valence-corrected chi connectivity index (χ4v) is 3.95. The third-order valence-electron chi connectivity index (χ3n) is 5.46. The van der Waals surface area contributed by atoms with Crippen LogP contribution in [-0.4, -0.2) is 53.9 Å². The van der Waals surface area contributed by atoms with Gasteiger partial charge in [-0.15, -0.1) is 0 Å². The Bertz CT molecular complexity index is 551. The molecule has 2 fully saturated rings. The first kappa shape index (κ1) is 18.4. The molecule has 5 nitrogen and oxygen atoms in total. The van der Waals surface area contributed by atoms with E-state index >= 15 is 0 Å². The lowest BCUT2D eigenvalue weighted by Crippen LogP contribution is -2.54. The Hall–Kier alpha value is -1.43. The molecule has 4 unspecified atom stereocenters. The number of carbonyl (C=O) groups is 1. The Morgan fingerprint density at radius 3 is 2.84 bits per heavy atom. The van der Waals surface area contributed by atoms with Crippen molar-refractivity contribution >= 4 is 5.91 Å². The zero-order valence-corrected chi connectivity index (χ0v) is 15.1. The zero-order valence-electron chi connectivity index (χ0n) is 15.1. The van der Waals surface area contributed by atoms with E-state index in [1.165, 1.54) is 5.56 Å². The standard InChI is InChI=1S/C20H30N2O3/c1-2-17(21-20(24)16-9-6-10-18(16)23)19-14-22(11-12-25-19)13-15-7-4-3-5-8-15/h3-5,7-8,16-19,23H,2,6,9-14H2,1H3,(H,21,24). The summed E-state index contributed by atoms with van der Waals surface area (Å²) in [5.41, 5.74) is 1.30. The van der Waals surface area contributed by atoms with Crippen LogP contribution in [-0.2, 0) is 16.1 Å². The van der Waals surface area contributed by atoms with Gasteiger partial charge in [0.15, 0.2) is 0 Å². The molecule has 1 amide bonds. The molecule has 1 aliphatic carbocycles. The predicted molar refractivity (Wildman–Crippen MR) is 97.0 cm³/mol. The van der Waals surface area contributed by atoms with Gasteiger partial charge in [0.05, 0.1) is 30.8 Å². The summed E-state index contributed by atoms with van der Waals surface area (Å²) >= 11 is 0. The number of morpholine rings is 1. The van der Waals surface area contributed by atoms with E-state index in [9.17, 15) is 9.90 Å². The monoisotopic (exact) mass is 346 g/mol. The number of aliphatic hydroxyl groups excluding tert-OH is 1. The van der Waals surface area contributed by atoms with Gasteiger partial charge >= 0.3 is 0 Å². The van der Waals surface area contributed by atoms with Gasteiger partial charge in [0.1, 0.15) is 0 Å². The molecule has 1 aliphatic heterocycles. The van der Waals surface area contributed by atoms with E-state index in [1.54, 1.807) is 0 Å². The van der Waals surface area contributed by atoms with Crippen LogP contribution in [0.25, 0.3) is 0 Å². The molecule has 1 aromatic rings. The van der Waals surface area contributed by atoms with Crippen LogP contribution in [0.1, 0.15) is 38.2 Å². The summed E-state index contributed by atoms with van der Waals surface area (Å²) in [5.74, 6) is -0.265. The number of aliphatic hydroxyl groups is 1. The third-order valence-corrected chi connectivity index (χ3v) is 5.46. The lowest BCUT2D eigenvalue weighted by Gasteiger charge is -2.37. The number of hydrogen-bond donors (Lipinski definition) is 2. The number of carbonyl (C=O) groups excluding carboxylic acids is 1. The number of rotatable bonds is 6. The average molecular weight is 346 g/mol. The van der Waals surface area contributed by atoms with Gasteiger partial charge in [-0.2, -0.15) is 0 Å². The first-order valence-corrected chi connectivity index (χ1v) is 9.53. The summed E-state index contributed by atoms with van der Waals surface area (Å²) in [6, 6.07) is 10.4. The van der Waals surface area contributed by atoms with Gasteiger partial charge in [0.25, 0.3) is 0 Å². The summed E-state index contributed by atoms with van der Waals surface area (Å²) in [4.78, 5) is 14.9. The third kappa shape index (κ3) is 4.81. The molecule has 25 heavy (non-hydrogen) atoms. The molecule has 1 aromatic carbocycles. The largest absolute Gasteiger partial charge is 0.392 e. The molecular formula is C20H30N2O3. The van der Waals surface area contributed by atoms with E-state index in [1.807, 2.05) is 6.07 Å². The van der Waals surface area contributed by atoms with E-state index < -0.39 is 6.10 Å². The van der Waals surface area contributed by atoms with Crippen molar-refractivity contribution in [3.05, 3.63) is 35.9 Å². The van der Waals surface area contributed by atoms with Crippen molar-refractivity contribution in [2.45, 2.75) is 57.4 Å². The summed E-state index contributed by atoms with van der Waals surface area (Å²) in [7, 11) is 0. The molecule has 2 N–H and O–H groups in total. The highest BCUT2D eigenvalue weighted by atomic mass is 16.5. The Balaban J connectivity index is 1.55. The second kappa shape index (κ2) is 8.79. The maximum Gasteiger partial charge on any atom is 0.226 e. The highest BCUT2D eigenvalue weighted by Crippen LogP contribution is 2.26. The van der Waals surface area contributed by atoms with Gasteiger partial charge in [-0.25, -0.2) is 0 Å². The molecule has 138 valence electrons. The molecule has 0 radical (unpaired) electrons. The SMILES string of the molecule is CCC(NC(=O)C1CCCC1O)C1CN(Cc2ccccc2)CCO1. The van der Waals surface area contributed by atoms with Crippen molar-refractivity contribution < 1.29 is 14.6 Å². The Kier molecular flexibility index (Phi) is 6.45. The highest BCUT2D eigenvalue weighted by molar-refractivity contribution is 5.79. The molecule has 0 bridgehead atoms. The van der Waals surface area contributed by atoms with Crippen molar-refractivity contribution in [3.8, 4) is 0 Å². The number of amides is 1. The minimum atomic E-state index is -0.487. The minimum Gasteiger partial charge on any atom is -0.392 e. The summed E-state index contributed by atoms with van der Waals surface area (Å²) < 4.78 is 5.97. The van der Waals surface area contributed by atoms with Crippen molar-refractivity contribution in [2.75, 3.05) is 19.7 Å². The lowest BCUT2D eigenvalue weighted by atomic mass is 10.0. The van der Waals surface area contributed by atoms with Crippen molar-refractivity contribution in [1.82, 2.24) is 10.2 Å². The van der Waals surface area contributed by atoms with Crippen molar-refractivity contribution in [1.29, 1.82) is 0 Å². The molecule has 1 saturated carbocycles. The fraction of sp³-hybridized carbons (Fsp3) is 0.650. The van der Waals surface area contributed by atoms with Gasteiger partial charge in [0, 0.05) is 19.6 Å². The molecule has 2 aliphatic rings. The maximum atomic E-state index is 12.5. The van der Waals surface area contributed by atoms with Gasteiger partial charge in [0.2, 0.25) is 5.91 Å². The molecule has 3 rings (SSSR count). The molecule has 1 saturated heterocycles. The van der Waals surface area contributed by atoms with Crippen LogP contribution in [0.15, 0.2) is 30.3 Å². The van der Waals surface area contributed by atoms with Gasteiger partial charge in [-0.1, -0.05) is 37.3 Å². The Labute approximate surface area is 150 Å². The molecule has 0 aromatic heterocycles. The molecule has 0 spiro atoms. The van der Waals surface area contributed by atoms with E-state index in [4.69, 9.17) is 4.74 Å². The van der Waals surface area contributed by atoms with Crippen LogP contribution >= 0.6 is 0 Å². The number of nitrogens with one attached hydrogen (secondary N) is 1. The number of benzene rings is 1. The van der Waals surface area contributed by atoms with Gasteiger partial charge < -0.3 is 15.2 Å². The van der Waals surface area contributed by atoms with Crippen molar-refractivity contribution in [2.24, 2.45) is 5.92 Å². The molecule has 1 heterocycles. The second-order valence-corrected chi connectivity index (χ2v) is 7.26. The van der Waals surface area contributed by atoms with E-state index in [0.29, 0.717) is 6.61 Å². The first-order valence-electron chi connectivity index (χ1n) is 9.53. The Morgan fingerprint density at radius 2 is 2.16 bits per heavy atom. The fourth-order valence-electron chi connectivity index (χ4n) is 3.95. The topological polar surface area (TPSA) is 61.8 Å². The number of ether oxygens (including phenoxy) is 1. The van der Waals surface area contributed by atoms with Crippen molar-refractivity contribution in [3.63, 3.8) is 0 Å². The van der Waals surface area contributed by atoms with Crippen LogP contribution in [0.3, 0.4) is 0 Å². The average Bonchev–Trinajstić information content (AvgIpc) is 3.07. The second-order valence-electron chi connectivity index (χ2n) is 7.26. The van der Waals surface area contributed by atoms with Gasteiger partial charge in [-0.3, -0.25) is 9.69 Å². The Morgan fingerprint density at radius 1 is 1.36 bits per heavy atom. The molecular weight excluding hydrogens is 316 g/mol. The first-order chi connectivity index (χ1) is 12.2. The zero-order chi connectivity index (χ0) is 17.6. The maximum absolute atomic E-state index is 12.5. The summed E-state index contributed by atoms with van der Waals surface area (Å²) in [6.07, 6.45) is 2.80. The minimum absolute atomic E-state index is 0.00104. The molecule has 4 atom stereocenters. The quantitative estimate of drug-likeness (QED) is 0.826. The van der Waals surface area contributed by atoms with Crippen LogP contribution in [0.4, 0.5) is 0 Å². The summed E-state index contributed by atoms with van der Waals surface area (Å²) in [5, 5.41) is 13.1. The summed E-state index contributed by atoms with van der Waals surface area (Å²) in [6.45, 7) is 5.41. The highest BCUT2D eigenvalue weighted by Gasteiger charge is 2.34. The molecule has 5 heteroatoms. The van der Waals surface area contributed by atoms with E-state index in [-0.39, 0.29) is 24.0 Å². The van der Waals surface area contributed by atoms with Crippen LogP contribution in [0, 0.1) is 5.92 Å². The lowest BCUT2D eigenvalue weighted by molar-refractivity contribution is -0.130. The number of hydrogen-bond acceptors (Lipinski definition) is 4. The normalized spacial score (nSPS) is 28.6. The van der Waals surface area contributed by atoms with Crippen LogP contribution in [0.2, 0.25) is 0 Å². The smallest absolute Gasteiger partial charge is 0.226 e. The van der Waals surface area contributed by atoms with Gasteiger partial charge in [-0.05, 0) is 31.2 Å². The van der Waals surface area contributed by atoms with E-state index in [0.717, 1.165) is 45.3 Å². The van der Waals surface area contributed by atoms with Crippen LogP contribution in [0.5, 0.6) is 0 Å². The number of nitrogens with zero attached hydrogens (tertiary/aromatic N) is 1. The predicted octanol–water partition coefficient (Wildman–Crippen LogP) is 1.94. The van der Waals surface area contributed by atoms with E-state index in [2.05, 4.69) is 41.4 Å². The van der Waals surface area contributed by atoms with Crippen LogP contribution < -0.4 is 5.32 Å².